The van der Waals surface area contributed by atoms with Crippen LogP contribution in [0.2, 0.25) is 0 Å². The van der Waals surface area contributed by atoms with Gasteiger partial charge < -0.3 is 0 Å². The van der Waals surface area contributed by atoms with Crippen molar-refractivity contribution in [2.45, 2.75) is 6.92 Å². The first kappa shape index (κ1) is 14.5. The molecule has 0 saturated carbocycles. The molecule has 3 aromatic rings. The number of benzene rings is 1. The number of aromatic nitrogens is 5. The second-order valence-corrected chi connectivity index (χ2v) is 4.74. The van der Waals surface area contributed by atoms with E-state index in [1.165, 1.54) is 12.1 Å². The van der Waals surface area contributed by atoms with Crippen LogP contribution in [0.25, 0.3) is 23.5 Å². The van der Waals surface area contributed by atoms with Crippen molar-refractivity contribution in [3.8, 4) is 17.5 Å². The summed E-state index contributed by atoms with van der Waals surface area (Å²) in [5.74, 6) is 0.269. The van der Waals surface area contributed by atoms with Crippen LogP contribution in [-0.2, 0) is 0 Å². The lowest BCUT2D eigenvalue weighted by Gasteiger charge is -2.01. The van der Waals surface area contributed by atoms with Crippen molar-refractivity contribution in [1.82, 2.24) is 25.4 Å². The van der Waals surface area contributed by atoms with Gasteiger partial charge >= 0.3 is 0 Å². The minimum atomic E-state index is -0.280. The predicted octanol–water partition coefficient (Wildman–Crippen LogP) is 2.75. The smallest absolute Gasteiger partial charge is 0.192 e. The summed E-state index contributed by atoms with van der Waals surface area (Å²) in [4.78, 5) is 8.60. The van der Waals surface area contributed by atoms with Gasteiger partial charge in [0.05, 0.1) is 11.4 Å². The number of halogens is 1. The van der Waals surface area contributed by atoms with Crippen molar-refractivity contribution in [2.75, 3.05) is 0 Å². The van der Waals surface area contributed by atoms with Crippen LogP contribution >= 0.6 is 0 Å². The minimum Gasteiger partial charge on any atom is -0.234 e. The number of nitriles is 1. The van der Waals surface area contributed by atoms with E-state index in [0.29, 0.717) is 22.9 Å². The third kappa shape index (κ3) is 3.27. The average Bonchev–Trinajstić information content (AvgIpc) is 3.02. The molecule has 0 spiro atoms. The molecule has 3 rings (SSSR count). The molecule has 0 aliphatic heterocycles. The Balaban J connectivity index is 1.95. The number of H-pyrrole nitrogens is 1. The molecule has 0 fully saturated rings. The molecule has 0 aliphatic rings. The van der Waals surface area contributed by atoms with E-state index in [-0.39, 0.29) is 11.5 Å². The maximum atomic E-state index is 12.9. The van der Waals surface area contributed by atoms with Crippen molar-refractivity contribution >= 4 is 12.2 Å². The van der Waals surface area contributed by atoms with E-state index in [0.717, 1.165) is 5.56 Å². The van der Waals surface area contributed by atoms with Crippen molar-refractivity contribution < 1.29 is 4.39 Å². The van der Waals surface area contributed by atoms with Crippen LogP contribution in [0, 0.1) is 24.1 Å². The summed E-state index contributed by atoms with van der Waals surface area (Å²) in [5.41, 5.74) is 2.58. The molecule has 23 heavy (non-hydrogen) atoms. The van der Waals surface area contributed by atoms with Crippen LogP contribution in [-0.4, -0.2) is 25.4 Å². The average molecular weight is 306 g/mol. The maximum absolute atomic E-state index is 12.9. The monoisotopic (exact) mass is 306 g/mol. The van der Waals surface area contributed by atoms with Gasteiger partial charge in [0.1, 0.15) is 23.4 Å². The SMILES string of the molecule is Cc1nc(/C=C/c2ccc(F)cc2)cc(-c2n[nH]nc2C#N)n1. The van der Waals surface area contributed by atoms with Gasteiger partial charge in [0.2, 0.25) is 0 Å². The van der Waals surface area contributed by atoms with E-state index in [9.17, 15) is 4.39 Å². The molecule has 0 amide bonds. The summed E-state index contributed by atoms with van der Waals surface area (Å²) in [6.07, 6.45) is 3.61. The summed E-state index contributed by atoms with van der Waals surface area (Å²) in [7, 11) is 0. The molecular weight excluding hydrogens is 295 g/mol. The molecule has 0 unspecified atom stereocenters. The Morgan fingerprint density at radius 3 is 2.65 bits per heavy atom. The molecular formula is C16H11FN6. The van der Waals surface area contributed by atoms with Crippen LogP contribution in [0.5, 0.6) is 0 Å². The van der Waals surface area contributed by atoms with Gasteiger partial charge in [-0.15, -0.1) is 5.10 Å². The van der Waals surface area contributed by atoms with Crippen LogP contribution in [0.4, 0.5) is 4.39 Å². The van der Waals surface area contributed by atoms with Crippen molar-refractivity contribution in [3.63, 3.8) is 0 Å². The molecule has 0 atom stereocenters. The number of nitrogens with zero attached hydrogens (tertiary/aromatic N) is 5. The molecule has 0 bridgehead atoms. The first-order chi connectivity index (χ1) is 11.2. The molecule has 6 nitrogen and oxygen atoms in total. The summed E-state index contributed by atoms with van der Waals surface area (Å²) >= 11 is 0. The normalized spacial score (nSPS) is 10.8. The zero-order chi connectivity index (χ0) is 16.2. The van der Waals surface area contributed by atoms with Crippen LogP contribution < -0.4 is 0 Å². The van der Waals surface area contributed by atoms with Gasteiger partial charge in [0.25, 0.3) is 0 Å². The van der Waals surface area contributed by atoms with E-state index < -0.39 is 0 Å². The van der Waals surface area contributed by atoms with Gasteiger partial charge in [0.15, 0.2) is 5.69 Å². The Morgan fingerprint density at radius 1 is 1.13 bits per heavy atom. The fourth-order valence-corrected chi connectivity index (χ4v) is 2.04. The molecule has 2 heterocycles. The lowest BCUT2D eigenvalue weighted by molar-refractivity contribution is 0.628. The highest BCUT2D eigenvalue weighted by molar-refractivity contribution is 5.70. The highest BCUT2D eigenvalue weighted by atomic mass is 19.1. The second kappa shape index (κ2) is 6.15. The molecule has 0 saturated heterocycles. The Bertz CT molecular complexity index is 905. The Kier molecular flexibility index (Phi) is 3.89. The number of hydrogen-bond donors (Lipinski definition) is 1. The van der Waals surface area contributed by atoms with Crippen molar-refractivity contribution in [2.24, 2.45) is 0 Å². The zero-order valence-electron chi connectivity index (χ0n) is 12.2. The fraction of sp³-hybridized carbons (Fsp3) is 0.0625. The van der Waals surface area contributed by atoms with E-state index >= 15 is 0 Å². The quantitative estimate of drug-likeness (QED) is 0.803. The summed E-state index contributed by atoms with van der Waals surface area (Å²) in [6, 6.07) is 9.80. The van der Waals surface area contributed by atoms with E-state index in [1.54, 1.807) is 31.2 Å². The standard InChI is InChI=1S/C16H11FN6/c1-10-19-13(7-4-11-2-5-12(17)6-3-11)8-14(20-10)16-15(9-18)21-23-22-16/h2-8H,1H3,(H,21,22,23)/b7-4+. The zero-order valence-corrected chi connectivity index (χ0v) is 12.2. The molecule has 1 aromatic carbocycles. The lowest BCUT2D eigenvalue weighted by Crippen LogP contribution is -1.95. The molecule has 0 radical (unpaired) electrons. The number of aromatic amines is 1. The number of nitrogens with one attached hydrogen (secondary N) is 1. The molecule has 112 valence electrons. The predicted molar refractivity (Wildman–Crippen MR) is 82.2 cm³/mol. The number of aryl methyl sites for hydroxylation is 1. The van der Waals surface area contributed by atoms with Gasteiger partial charge in [-0.2, -0.15) is 15.6 Å². The van der Waals surface area contributed by atoms with Crippen molar-refractivity contribution in [3.05, 3.63) is 58.9 Å². The van der Waals surface area contributed by atoms with Gasteiger partial charge in [-0.25, -0.2) is 14.4 Å². The topological polar surface area (TPSA) is 91.1 Å². The minimum absolute atomic E-state index is 0.177. The van der Waals surface area contributed by atoms with Crippen molar-refractivity contribution in [1.29, 1.82) is 5.26 Å². The maximum Gasteiger partial charge on any atom is 0.192 e. The van der Waals surface area contributed by atoms with E-state index in [1.807, 2.05) is 12.1 Å². The van der Waals surface area contributed by atoms with Crippen LogP contribution in [0.15, 0.2) is 30.3 Å². The van der Waals surface area contributed by atoms with Crippen LogP contribution in [0.3, 0.4) is 0 Å². The molecule has 2 aromatic heterocycles. The number of rotatable bonds is 3. The largest absolute Gasteiger partial charge is 0.234 e. The third-order valence-electron chi connectivity index (χ3n) is 3.07. The lowest BCUT2D eigenvalue weighted by atomic mass is 10.1. The Morgan fingerprint density at radius 2 is 1.91 bits per heavy atom. The van der Waals surface area contributed by atoms with Gasteiger partial charge in [0, 0.05) is 0 Å². The van der Waals surface area contributed by atoms with E-state index in [4.69, 9.17) is 5.26 Å². The highest BCUT2D eigenvalue weighted by Crippen LogP contribution is 2.18. The summed E-state index contributed by atoms with van der Waals surface area (Å²) in [6.45, 7) is 1.75. The van der Waals surface area contributed by atoms with Gasteiger partial charge in [-0.3, -0.25) is 0 Å². The molecule has 1 N–H and O–H groups in total. The first-order valence-electron chi connectivity index (χ1n) is 6.76. The fourth-order valence-electron chi connectivity index (χ4n) is 2.04. The highest BCUT2D eigenvalue weighted by Gasteiger charge is 2.12. The third-order valence-corrected chi connectivity index (χ3v) is 3.07. The summed E-state index contributed by atoms with van der Waals surface area (Å²) < 4.78 is 12.9. The molecule has 7 heteroatoms. The van der Waals surface area contributed by atoms with E-state index in [2.05, 4.69) is 25.4 Å². The number of hydrogen-bond acceptors (Lipinski definition) is 5. The Labute approximate surface area is 131 Å². The Hall–Kier alpha value is -3.40. The van der Waals surface area contributed by atoms with Crippen LogP contribution in [0.1, 0.15) is 22.8 Å². The second-order valence-electron chi connectivity index (χ2n) is 4.74. The van der Waals surface area contributed by atoms with Gasteiger partial charge in [-0.1, -0.05) is 18.2 Å². The van der Waals surface area contributed by atoms with Gasteiger partial charge in [-0.05, 0) is 36.8 Å². The first-order valence-corrected chi connectivity index (χ1v) is 6.76. The summed E-state index contributed by atoms with van der Waals surface area (Å²) in [5, 5.41) is 19.1. The molecule has 0 aliphatic carbocycles.